The molecule has 0 spiro atoms. The van der Waals surface area contributed by atoms with E-state index in [0.717, 1.165) is 0 Å². The van der Waals surface area contributed by atoms with Gasteiger partial charge in [0, 0.05) is 16.7 Å². The molecular weight excluding hydrogens is 419 g/mol. The first-order chi connectivity index (χ1) is 13.9. The van der Waals surface area contributed by atoms with Crippen LogP contribution in [0.25, 0.3) is 11.3 Å². The second-order valence-electron chi connectivity index (χ2n) is 6.21. The highest BCUT2D eigenvalue weighted by Crippen LogP contribution is 2.28. The first-order valence-corrected chi connectivity index (χ1v) is 9.29. The molecule has 150 valence electrons. The third kappa shape index (κ3) is 4.95. The third-order valence-electron chi connectivity index (χ3n) is 4.23. The number of rotatable bonds is 7. The number of nitrogens with zero attached hydrogens (tertiary/aromatic N) is 1. The van der Waals surface area contributed by atoms with Crippen molar-refractivity contribution in [3.8, 4) is 11.3 Å². The number of carboxylic acid groups (broad SMARTS) is 1. The minimum Gasteiger partial charge on any atom is -0.479 e. The second kappa shape index (κ2) is 9.09. The summed E-state index contributed by atoms with van der Waals surface area (Å²) >= 11 is 12.2. The number of carbonyl (C=O) groups is 2. The molecular formula is C20H16Cl2N2O5. The van der Waals surface area contributed by atoms with Gasteiger partial charge in [0.25, 0.3) is 5.91 Å². The van der Waals surface area contributed by atoms with Crippen LogP contribution < -0.4 is 5.32 Å². The molecule has 3 N–H and O–H groups in total. The summed E-state index contributed by atoms with van der Waals surface area (Å²) in [5.74, 6) is -1.90. The molecule has 2 unspecified atom stereocenters. The van der Waals surface area contributed by atoms with Gasteiger partial charge in [-0.2, -0.15) is 0 Å². The fourth-order valence-electron chi connectivity index (χ4n) is 2.73. The van der Waals surface area contributed by atoms with Crippen LogP contribution in [-0.4, -0.2) is 39.4 Å². The van der Waals surface area contributed by atoms with E-state index in [1.807, 2.05) is 0 Å². The second-order valence-corrected chi connectivity index (χ2v) is 7.03. The minimum atomic E-state index is -1.84. The molecule has 2 aromatic carbocycles. The van der Waals surface area contributed by atoms with Crippen molar-refractivity contribution in [3.05, 3.63) is 75.9 Å². The van der Waals surface area contributed by atoms with Crippen LogP contribution in [0.15, 0.2) is 59.1 Å². The van der Waals surface area contributed by atoms with Gasteiger partial charge in [0.05, 0.1) is 11.1 Å². The fraction of sp³-hybridized carbons (Fsp3) is 0.150. The van der Waals surface area contributed by atoms with Crippen molar-refractivity contribution in [1.29, 1.82) is 0 Å². The summed E-state index contributed by atoms with van der Waals surface area (Å²) in [6.07, 6.45) is -1.83. The number of aliphatic hydroxyl groups excluding tert-OH is 1. The SMILES string of the molecule is O=C(NC(Cc1ccccc1Cl)C(O)C(=O)O)c1cc(-c2ccccc2Cl)on1. The number of aromatic nitrogens is 1. The molecule has 0 saturated heterocycles. The van der Waals surface area contributed by atoms with Gasteiger partial charge >= 0.3 is 5.97 Å². The Morgan fingerprint density at radius 2 is 1.72 bits per heavy atom. The lowest BCUT2D eigenvalue weighted by Gasteiger charge is -2.21. The maximum atomic E-state index is 12.6. The van der Waals surface area contributed by atoms with Crippen LogP contribution in [0.2, 0.25) is 10.0 Å². The van der Waals surface area contributed by atoms with E-state index < -0.39 is 24.0 Å². The number of hydrogen-bond donors (Lipinski definition) is 3. The van der Waals surface area contributed by atoms with Gasteiger partial charge < -0.3 is 20.1 Å². The van der Waals surface area contributed by atoms with Crippen LogP contribution >= 0.6 is 23.2 Å². The first kappa shape index (κ1) is 20.9. The molecule has 7 nitrogen and oxygen atoms in total. The lowest BCUT2D eigenvalue weighted by molar-refractivity contribution is -0.148. The molecule has 1 aromatic heterocycles. The van der Waals surface area contributed by atoms with Crippen molar-refractivity contribution in [1.82, 2.24) is 10.5 Å². The van der Waals surface area contributed by atoms with E-state index in [0.29, 0.717) is 21.2 Å². The van der Waals surface area contributed by atoms with Crippen LogP contribution in [0.5, 0.6) is 0 Å². The average Bonchev–Trinajstić information content (AvgIpc) is 3.19. The number of carboxylic acids is 1. The summed E-state index contributed by atoms with van der Waals surface area (Å²) in [6, 6.07) is 13.9. The number of aliphatic hydroxyl groups is 1. The van der Waals surface area contributed by atoms with Gasteiger partial charge in [-0.05, 0) is 30.2 Å². The summed E-state index contributed by atoms with van der Waals surface area (Å²) in [4.78, 5) is 23.9. The Balaban J connectivity index is 1.81. The van der Waals surface area contributed by atoms with Crippen molar-refractivity contribution in [2.45, 2.75) is 18.6 Å². The quantitative estimate of drug-likeness (QED) is 0.524. The van der Waals surface area contributed by atoms with Gasteiger partial charge in [0.2, 0.25) is 0 Å². The van der Waals surface area contributed by atoms with Crippen LogP contribution in [0, 0.1) is 0 Å². The molecule has 0 bridgehead atoms. The molecule has 9 heteroatoms. The van der Waals surface area contributed by atoms with Gasteiger partial charge in [0.15, 0.2) is 17.6 Å². The zero-order valence-electron chi connectivity index (χ0n) is 14.9. The molecule has 0 radical (unpaired) electrons. The number of amides is 1. The van der Waals surface area contributed by atoms with Crippen molar-refractivity contribution >= 4 is 35.1 Å². The van der Waals surface area contributed by atoms with Crippen LogP contribution in [0.1, 0.15) is 16.1 Å². The normalized spacial score (nSPS) is 12.9. The molecule has 3 aromatic rings. The zero-order chi connectivity index (χ0) is 21.0. The Labute approximate surface area is 175 Å². The van der Waals surface area contributed by atoms with E-state index in [1.165, 1.54) is 6.07 Å². The van der Waals surface area contributed by atoms with E-state index >= 15 is 0 Å². The lowest BCUT2D eigenvalue weighted by Crippen LogP contribution is -2.48. The van der Waals surface area contributed by atoms with Gasteiger partial charge in [-0.25, -0.2) is 4.79 Å². The van der Waals surface area contributed by atoms with E-state index in [1.54, 1.807) is 48.5 Å². The summed E-state index contributed by atoms with van der Waals surface area (Å²) in [6.45, 7) is 0. The van der Waals surface area contributed by atoms with E-state index in [2.05, 4.69) is 10.5 Å². The lowest BCUT2D eigenvalue weighted by atomic mass is 10.0. The largest absolute Gasteiger partial charge is 0.479 e. The zero-order valence-corrected chi connectivity index (χ0v) is 16.4. The number of carbonyl (C=O) groups excluding carboxylic acids is 1. The Morgan fingerprint density at radius 1 is 1.07 bits per heavy atom. The van der Waals surface area contributed by atoms with Crippen molar-refractivity contribution in [2.24, 2.45) is 0 Å². The Bertz CT molecular complexity index is 1040. The van der Waals surface area contributed by atoms with Gasteiger partial charge in [-0.3, -0.25) is 4.79 Å². The van der Waals surface area contributed by atoms with Crippen LogP contribution in [0.3, 0.4) is 0 Å². The molecule has 1 amide bonds. The van der Waals surface area contributed by atoms with Crippen molar-refractivity contribution < 1.29 is 24.3 Å². The molecule has 29 heavy (non-hydrogen) atoms. The highest BCUT2D eigenvalue weighted by Gasteiger charge is 2.29. The maximum Gasteiger partial charge on any atom is 0.334 e. The van der Waals surface area contributed by atoms with Gasteiger partial charge in [0.1, 0.15) is 0 Å². The minimum absolute atomic E-state index is 0.00804. The van der Waals surface area contributed by atoms with Crippen molar-refractivity contribution in [3.63, 3.8) is 0 Å². The number of halogens is 2. The topological polar surface area (TPSA) is 113 Å². The molecule has 0 aliphatic carbocycles. The Kier molecular flexibility index (Phi) is 6.53. The number of aliphatic carboxylic acids is 1. The van der Waals surface area contributed by atoms with Crippen LogP contribution in [0.4, 0.5) is 0 Å². The first-order valence-electron chi connectivity index (χ1n) is 8.53. The van der Waals surface area contributed by atoms with Gasteiger partial charge in [-0.1, -0.05) is 58.7 Å². The molecule has 0 fully saturated rings. The highest BCUT2D eigenvalue weighted by atomic mass is 35.5. The standard InChI is InChI=1S/C20H16Cl2N2O5/c21-13-7-3-1-5-11(13)9-15(18(25)20(27)28)23-19(26)16-10-17(29-24-16)12-6-2-4-8-14(12)22/h1-8,10,15,18,25H,9H2,(H,23,26)(H,27,28). The number of benzene rings is 2. The number of nitrogens with one attached hydrogen (secondary N) is 1. The molecule has 0 aliphatic rings. The van der Waals surface area contributed by atoms with Crippen molar-refractivity contribution in [2.75, 3.05) is 0 Å². The summed E-state index contributed by atoms with van der Waals surface area (Å²) in [5, 5.41) is 26.2. The summed E-state index contributed by atoms with van der Waals surface area (Å²) in [5.41, 5.74) is 1.05. The van der Waals surface area contributed by atoms with E-state index in [-0.39, 0.29) is 17.9 Å². The number of hydrogen-bond acceptors (Lipinski definition) is 5. The van der Waals surface area contributed by atoms with Crippen LogP contribution in [-0.2, 0) is 11.2 Å². The molecule has 3 rings (SSSR count). The molecule has 2 atom stereocenters. The maximum absolute atomic E-state index is 12.6. The van der Waals surface area contributed by atoms with E-state index in [4.69, 9.17) is 27.7 Å². The summed E-state index contributed by atoms with van der Waals surface area (Å²) in [7, 11) is 0. The molecule has 0 saturated carbocycles. The highest BCUT2D eigenvalue weighted by molar-refractivity contribution is 6.33. The Morgan fingerprint density at radius 3 is 2.38 bits per heavy atom. The molecule has 1 heterocycles. The molecule has 0 aliphatic heterocycles. The monoisotopic (exact) mass is 434 g/mol. The van der Waals surface area contributed by atoms with E-state index in [9.17, 15) is 19.8 Å². The fourth-order valence-corrected chi connectivity index (χ4v) is 3.17. The Hall–Kier alpha value is -2.87. The summed E-state index contributed by atoms with van der Waals surface area (Å²) < 4.78 is 5.18. The smallest absolute Gasteiger partial charge is 0.334 e. The predicted molar refractivity (Wildman–Crippen MR) is 107 cm³/mol. The predicted octanol–water partition coefficient (Wildman–Crippen LogP) is 3.44. The van der Waals surface area contributed by atoms with Gasteiger partial charge in [-0.15, -0.1) is 0 Å². The third-order valence-corrected chi connectivity index (χ3v) is 4.93. The average molecular weight is 435 g/mol.